The summed E-state index contributed by atoms with van der Waals surface area (Å²) in [6.07, 6.45) is 0. The second-order valence-electron chi connectivity index (χ2n) is 5.69. The molecule has 0 spiro atoms. The highest BCUT2D eigenvalue weighted by Crippen LogP contribution is 2.26. The standard InChI is InChI=1S/C15H20N4O3S2/c1-4-22-14-6-5-13(7-10(14)2)24(20,21)18-12-8-19(9-12)15-17-16-11(3)23-15/h5-7,12,18H,4,8-9H2,1-3H3. The van der Waals surface area contributed by atoms with Gasteiger partial charge in [0.2, 0.25) is 15.2 Å². The molecule has 0 saturated carbocycles. The van der Waals surface area contributed by atoms with Crippen molar-refractivity contribution < 1.29 is 13.2 Å². The third-order valence-electron chi connectivity index (χ3n) is 3.75. The van der Waals surface area contributed by atoms with E-state index >= 15 is 0 Å². The summed E-state index contributed by atoms with van der Waals surface area (Å²) in [5, 5.41) is 9.78. The van der Waals surface area contributed by atoms with Crippen molar-refractivity contribution in [1.82, 2.24) is 14.9 Å². The molecule has 1 saturated heterocycles. The van der Waals surface area contributed by atoms with Gasteiger partial charge >= 0.3 is 0 Å². The van der Waals surface area contributed by atoms with Crippen LogP contribution in [0.25, 0.3) is 0 Å². The first-order valence-electron chi connectivity index (χ1n) is 7.70. The highest BCUT2D eigenvalue weighted by molar-refractivity contribution is 7.89. The summed E-state index contributed by atoms with van der Waals surface area (Å²) in [4.78, 5) is 2.27. The summed E-state index contributed by atoms with van der Waals surface area (Å²) in [6, 6.07) is 4.79. The Morgan fingerprint density at radius 2 is 2.08 bits per heavy atom. The van der Waals surface area contributed by atoms with Gasteiger partial charge in [0.05, 0.1) is 17.5 Å². The van der Waals surface area contributed by atoms with Gasteiger partial charge in [-0.15, -0.1) is 10.2 Å². The van der Waals surface area contributed by atoms with Gasteiger partial charge in [-0.1, -0.05) is 11.3 Å². The van der Waals surface area contributed by atoms with Crippen molar-refractivity contribution in [3.63, 3.8) is 0 Å². The molecule has 1 fully saturated rings. The number of aryl methyl sites for hydroxylation is 2. The van der Waals surface area contributed by atoms with E-state index in [1.165, 1.54) is 11.3 Å². The molecule has 0 radical (unpaired) electrons. The van der Waals surface area contributed by atoms with Crippen LogP contribution in [0.4, 0.5) is 5.13 Å². The van der Waals surface area contributed by atoms with E-state index in [0.29, 0.717) is 25.4 Å². The molecule has 1 aromatic carbocycles. The van der Waals surface area contributed by atoms with Crippen molar-refractivity contribution in [3.05, 3.63) is 28.8 Å². The summed E-state index contributed by atoms with van der Waals surface area (Å²) >= 11 is 1.51. The van der Waals surface area contributed by atoms with Gasteiger partial charge in [-0.25, -0.2) is 13.1 Å². The number of nitrogens with zero attached hydrogens (tertiary/aromatic N) is 3. The molecular formula is C15H20N4O3S2. The van der Waals surface area contributed by atoms with Crippen LogP contribution in [-0.4, -0.2) is 44.4 Å². The van der Waals surface area contributed by atoms with Gasteiger partial charge < -0.3 is 9.64 Å². The normalized spacial score (nSPS) is 15.4. The Morgan fingerprint density at radius 3 is 2.67 bits per heavy atom. The SMILES string of the molecule is CCOc1ccc(S(=O)(=O)NC2CN(c3nnc(C)s3)C2)cc1C. The van der Waals surface area contributed by atoms with Crippen molar-refractivity contribution in [2.75, 3.05) is 24.6 Å². The minimum atomic E-state index is -3.54. The molecule has 9 heteroatoms. The summed E-state index contributed by atoms with van der Waals surface area (Å²) in [5.41, 5.74) is 0.805. The lowest BCUT2D eigenvalue weighted by atomic mass is 10.1. The Kier molecular flexibility index (Phi) is 4.75. The fourth-order valence-electron chi connectivity index (χ4n) is 2.52. The number of rotatable bonds is 6. The van der Waals surface area contributed by atoms with Crippen LogP contribution in [0.5, 0.6) is 5.75 Å². The lowest BCUT2D eigenvalue weighted by Crippen LogP contribution is -2.59. The van der Waals surface area contributed by atoms with Crippen LogP contribution in [0.3, 0.4) is 0 Å². The molecule has 2 heterocycles. The zero-order valence-electron chi connectivity index (χ0n) is 13.8. The minimum absolute atomic E-state index is 0.119. The highest BCUT2D eigenvalue weighted by atomic mass is 32.2. The maximum absolute atomic E-state index is 12.5. The van der Waals surface area contributed by atoms with Crippen LogP contribution >= 0.6 is 11.3 Å². The third-order valence-corrected chi connectivity index (χ3v) is 6.16. The molecule has 0 unspecified atom stereocenters. The van der Waals surface area contributed by atoms with E-state index in [-0.39, 0.29) is 10.9 Å². The van der Waals surface area contributed by atoms with E-state index in [9.17, 15) is 8.42 Å². The van der Waals surface area contributed by atoms with Crippen LogP contribution < -0.4 is 14.4 Å². The summed E-state index contributed by atoms with van der Waals surface area (Å²) in [6.45, 7) is 7.39. The van der Waals surface area contributed by atoms with Gasteiger partial charge in [-0.3, -0.25) is 0 Å². The van der Waals surface area contributed by atoms with Gasteiger partial charge in [0.25, 0.3) is 0 Å². The second kappa shape index (κ2) is 6.66. The smallest absolute Gasteiger partial charge is 0.240 e. The average Bonchev–Trinajstić information content (AvgIpc) is 2.91. The van der Waals surface area contributed by atoms with Gasteiger partial charge in [-0.05, 0) is 44.5 Å². The van der Waals surface area contributed by atoms with E-state index in [1.54, 1.807) is 18.2 Å². The van der Waals surface area contributed by atoms with E-state index in [2.05, 4.69) is 14.9 Å². The lowest BCUT2D eigenvalue weighted by molar-refractivity contribution is 0.337. The van der Waals surface area contributed by atoms with Crippen LogP contribution in [0, 0.1) is 13.8 Å². The van der Waals surface area contributed by atoms with Gasteiger partial charge in [0.1, 0.15) is 10.8 Å². The first-order valence-corrected chi connectivity index (χ1v) is 10.00. The third kappa shape index (κ3) is 3.52. The van der Waals surface area contributed by atoms with Crippen LogP contribution in [-0.2, 0) is 10.0 Å². The van der Waals surface area contributed by atoms with Crippen LogP contribution in [0.1, 0.15) is 17.5 Å². The molecule has 2 aromatic rings. The number of nitrogens with one attached hydrogen (secondary N) is 1. The summed E-state index contributed by atoms with van der Waals surface area (Å²) < 4.78 is 33.2. The zero-order valence-corrected chi connectivity index (χ0v) is 15.4. The first-order chi connectivity index (χ1) is 11.4. The molecule has 24 heavy (non-hydrogen) atoms. The molecule has 0 bridgehead atoms. The molecule has 0 amide bonds. The molecule has 130 valence electrons. The molecule has 0 atom stereocenters. The predicted octanol–water partition coefficient (Wildman–Crippen LogP) is 1.72. The Balaban J connectivity index is 1.64. The van der Waals surface area contributed by atoms with Gasteiger partial charge in [0, 0.05) is 13.1 Å². The van der Waals surface area contributed by atoms with Crippen LogP contribution in [0.2, 0.25) is 0 Å². The topological polar surface area (TPSA) is 84.4 Å². The van der Waals surface area contributed by atoms with Crippen molar-refractivity contribution in [2.45, 2.75) is 31.7 Å². The van der Waals surface area contributed by atoms with E-state index in [4.69, 9.17) is 4.74 Å². The maximum Gasteiger partial charge on any atom is 0.240 e. The lowest BCUT2D eigenvalue weighted by Gasteiger charge is -2.38. The number of anilines is 1. The molecular weight excluding hydrogens is 348 g/mol. The highest BCUT2D eigenvalue weighted by Gasteiger charge is 2.32. The average molecular weight is 368 g/mol. The van der Waals surface area contributed by atoms with Crippen molar-refractivity contribution in [1.29, 1.82) is 0 Å². The number of ether oxygens (including phenoxy) is 1. The predicted molar refractivity (Wildman–Crippen MR) is 93.3 cm³/mol. The number of sulfonamides is 1. The fraction of sp³-hybridized carbons (Fsp3) is 0.467. The Bertz CT molecular complexity index is 829. The van der Waals surface area contributed by atoms with Crippen molar-refractivity contribution in [3.8, 4) is 5.75 Å². The number of aromatic nitrogens is 2. The van der Waals surface area contributed by atoms with Crippen molar-refractivity contribution >= 4 is 26.5 Å². The molecule has 3 rings (SSSR count). The maximum atomic E-state index is 12.5. The zero-order chi connectivity index (χ0) is 17.3. The molecule has 1 aliphatic rings. The minimum Gasteiger partial charge on any atom is -0.494 e. The van der Waals surface area contributed by atoms with Gasteiger partial charge in [-0.2, -0.15) is 0 Å². The summed E-state index contributed by atoms with van der Waals surface area (Å²) in [7, 11) is -3.54. The molecule has 0 aliphatic carbocycles. The number of hydrogen-bond acceptors (Lipinski definition) is 7. The first kappa shape index (κ1) is 17.1. The van der Waals surface area contributed by atoms with Crippen LogP contribution in [0.15, 0.2) is 23.1 Å². The molecule has 7 nitrogen and oxygen atoms in total. The van der Waals surface area contributed by atoms with E-state index in [0.717, 1.165) is 15.7 Å². The Hall–Kier alpha value is -1.71. The monoisotopic (exact) mass is 368 g/mol. The molecule has 1 aromatic heterocycles. The van der Waals surface area contributed by atoms with Gasteiger partial charge in [0.15, 0.2) is 0 Å². The fourth-order valence-corrected chi connectivity index (χ4v) is 4.53. The Morgan fingerprint density at radius 1 is 1.33 bits per heavy atom. The van der Waals surface area contributed by atoms with E-state index < -0.39 is 10.0 Å². The second-order valence-corrected chi connectivity index (χ2v) is 8.56. The summed E-state index contributed by atoms with van der Waals surface area (Å²) in [5.74, 6) is 0.706. The molecule has 1 aliphatic heterocycles. The quantitative estimate of drug-likeness (QED) is 0.836. The number of hydrogen-bond donors (Lipinski definition) is 1. The van der Waals surface area contributed by atoms with E-state index in [1.807, 2.05) is 25.7 Å². The Labute approximate surface area is 145 Å². The largest absolute Gasteiger partial charge is 0.494 e. The number of benzene rings is 1. The molecule has 1 N–H and O–H groups in total. The van der Waals surface area contributed by atoms with Crippen molar-refractivity contribution in [2.24, 2.45) is 0 Å².